The number of halogens is 1. The van der Waals surface area contributed by atoms with Gasteiger partial charge in [0, 0.05) is 59.4 Å². The first-order valence-electron chi connectivity index (χ1n) is 10.1. The molecule has 4 rings (SSSR count). The maximum Gasteiger partial charge on any atom is 0.333 e. The summed E-state index contributed by atoms with van der Waals surface area (Å²) in [7, 11) is 2.06. The summed E-state index contributed by atoms with van der Waals surface area (Å²) in [5.41, 5.74) is 5.57. The average Bonchev–Trinajstić information content (AvgIpc) is 2.76. The number of rotatable bonds is 4. The Bertz CT molecular complexity index is 1080. The zero-order valence-corrected chi connectivity index (χ0v) is 19.0. The van der Waals surface area contributed by atoms with E-state index in [1.165, 1.54) is 0 Å². The zero-order chi connectivity index (χ0) is 22.7. The molecule has 0 saturated carbocycles. The summed E-state index contributed by atoms with van der Waals surface area (Å²) in [6.45, 7) is 3.37. The van der Waals surface area contributed by atoms with E-state index < -0.39 is 11.8 Å². The minimum Gasteiger partial charge on any atom is -0.361 e. The molecular formula is C22H23BrN6O3. The number of fused-ring (bicyclic) bond motifs is 1. The van der Waals surface area contributed by atoms with Crippen molar-refractivity contribution in [3.8, 4) is 0 Å². The second-order valence-corrected chi connectivity index (χ2v) is 8.52. The standard InChI is InChI=1S/C22H23BrN6O3/c1-28-8-10-29(11-9-28)27-22(32)25-16-5-3-15(4-6-16)24-13-19-18-12-14(23)2-7-17(18)20(30)26-21(19)31/h2-7,12-13,24H,8-11H2,1H3,(H2,25,27,32)(H,26,30,31). The van der Waals surface area contributed by atoms with Gasteiger partial charge in [-0.3, -0.25) is 20.3 Å². The van der Waals surface area contributed by atoms with Gasteiger partial charge in [-0.15, -0.1) is 0 Å². The second-order valence-electron chi connectivity index (χ2n) is 7.61. The van der Waals surface area contributed by atoms with Crippen LogP contribution in [0.4, 0.5) is 16.2 Å². The summed E-state index contributed by atoms with van der Waals surface area (Å²) in [6, 6.07) is 12.0. The largest absolute Gasteiger partial charge is 0.361 e. The Hall–Kier alpha value is -3.21. The van der Waals surface area contributed by atoms with Crippen LogP contribution in [0.15, 0.2) is 53.1 Å². The Labute approximate surface area is 193 Å². The Morgan fingerprint density at radius 1 is 0.969 bits per heavy atom. The molecule has 10 heteroatoms. The van der Waals surface area contributed by atoms with E-state index in [1.54, 1.807) is 48.7 Å². The second kappa shape index (κ2) is 9.51. The van der Waals surface area contributed by atoms with Gasteiger partial charge >= 0.3 is 6.03 Å². The molecule has 0 bridgehead atoms. The summed E-state index contributed by atoms with van der Waals surface area (Å²) in [5, 5.41) is 10.1. The van der Waals surface area contributed by atoms with Crippen LogP contribution in [-0.2, 0) is 4.79 Å². The Kier molecular flexibility index (Phi) is 6.54. The lowest BCUT2D eigenvalue weighted by Gasteiger charge is -2.32. The number of benzene rings is 2. The van der Waals surface area contributed by atoms with Crippen LogP contribution in [0.2, 0.25) is 0 Å². The van der Waals surface area contributed by atoms with Gasteiger partial charge in [0.25, 0.3) is 11.8 Å². The minimum absolute atomic E-state index is 0.289. The zero-order valence-electron chi connectivity index (χ0n) is 17.4. The number of likely N-dealkylation sites (N-methyl/N-ethyl adjacent to an activating group) is 1. The van der Waals surface area contributed by atoms with E-state index in [9.17, 15) is 14.4 Å². The van der Waals surface area contributed by atoms with Crippen molar-refractivity contribution in [1.82, 2.24) is 20.7 Å². The van der Waals surface area contributed by atoms with Crippen LogP contribution >= 0.6 is 15.9 Å². The third-order valence-corrected chi connectivity index (χ3v) is 5.77. The number of hydrazine groups is 1. The van der Waals surface area contributed by atoms with Crippen molar-refractivity contribution >= 4 is 50.7 Å². The van der Waals surface area contributed by atoms with Gasteiger partial charge in [-0.2, -0.15) is 0 Å². The van der Waals surface area contributed by atoms with Crippen LogP contribution in [0.25, 0.3) is 5.57 Å². The maximum atomic E-state index is 12.3. The fourth-order valence-electron chi connectivity index (χ4n) is 3.47. The number of hydrogen-bond donors (Lipinski definition) is 4. The van der Waals surface area contributed by atoms with E-state index in [4.69, 9.17) is 0 Å². The number of nitrogens with one attached hydrogen (secondary N) is 4. The van der Waals surface area contributed by atoms with Crippen LogP contribution in [0.3, 0.4) is 0 Å². The molecule has 9 nitrogen and oxygen atoms in total. The van der Waals surface area contributed by atoms with Gasteiger partial charge in [0.2, 0.25) is 0 Å². The van der Waals surface area contributed by atoms with Gasteiger partial charge < -0.3 is 15.5 Å². The topological polar surface area (TPSA) is 106 Å². The molecule has 0 unspecified atom stereocenters. The Morgan fingerprint density at radius 2 is 1.66 bits per heavy atom. The van der Waals surface area contributed by atoms with Gasteiger partial charge in [-0.05, 0) is 49.5 Å². The van der Waals surface area contributed by atoms with E-state index >= 15 is 0 Å². The lowest BCUT2D eigenvalue weighted by molar-refractivity contribution is -0.114. The van der Waals surface area contributed by atoms with Gasteiger partial charge in [0.1, 0.15) is 0 Å². The van der Waals surface area contributed by atoms with E-state index in [0.717, 1.165) is 36.3 Å². The molecule has 2 aromatic carbocycles. The lowest BCUT2D eigenvalue weighted by atomic mass is 9.95. The van der Waals surface area contributed by atoms with Crippen molar-refractivity contribution in [1.29, 1.82) is 0 Å². The molecule has 1 fully saturated rings. The maximum absolute atomic E-state index is 12.3. The highest BCUT2D eigenvalue weighted by molar-refractivity contribution is 9.10. The first-order valence-corrected chi connectivity index (χ1v) is 10.9. The van der Waals surface area contributed by atoms with Crippen LogP contribution in [-0.4, -0.2) is 61.0 Å². The molecule has 1 saturated heterocycles. The molecule has 0 spiro atoms. The normalized spacial score (nSPS) is 18.1. The quantitative estimate of drug-likeness (QED) is 0.381. The molecule has 2 aromatic rings. The highest BCUT2D eigenvalue weighted by Gasteiger charge is 2.27. The van der Waals surface area contributed by atoms with E-state index in [1.807, 2.05) is 5.01 Å². The van der Waals surface area contributed by atoms with Crippen LogP contribution in [0.1, 0.15) is 15.9 Å². The molecule has 32 heavy (non-hydrogen) atoms. The third-order valence-electron chi connectivity index (χ3n) is 5.28. The number of nitrogens with zero attached hydrogens (tertiary/aromatic N) is 2. The number of hydrogen-bond acceptors (Lipinski definition) is 6. The monoisotopic (exact) mass is 498 g/mol. The van der Waals surface area contributed by atoms with Gasteiger partial charge in [-0.25, -0.2) is 9.80 Å². The molecular weight excluding hydrogens is 476 g/mol. The highest BCUT2D eigenvalue weighted by atomic mass is 79.9. The highest BCUT2D eigenvalue weighted by Crippen LogP contribution is 2.27. The average molecular weight is 499 g/mol. The van der Waals surface area contributed by atoms with Gasteiger partial charge in [0.15, 0.2) is 0 Å². The SMILES string of the molecule is CN1CCN(NC(=O)Nc2ccc(NC=C3C(=O)NC(=O)c4ccc(Br)cc43)cc2)CC1. The van der Waals surface area contributed by atoms with Crippen molar-refractivity contribution in [2.24, 2.45) is 0 Å². The number of piperazine rings is 1. The number of carbonyl (C=O) groups excluding carboxylic acids is 3. The van der Waals surface area contributed by atoms with Crippen molar-refractivity contribution in [3.05, 3.63) is 64.3 Å². The van der Waals surface area contributed by atoms with Gasteiger partial charge in [0.05, 0.1) is 5.57 Å². The van der Waals surface area contributed by atoms with Crippen LogP contribution in [0.5, 0.6) is 0 Å². The molecule has 0 radical (unpaired) electrons. The summed E-state index contributed by atoms with van der Waals surface area (Å²) in [4.78, 5) is 38.8. The predicted molar refractivity (Wildman–Crippen MR) is 126 cm³/mol. The van der Waals surface area contributed by atoms with Crippen molar-refractivity contribution < 1.29 is 14.4 Å². The van der Waals surface area contributed by atoms with Crippen molar-refractivity contribution in [3.63, 3.8) is 0 Å². The first-order chi connectivity index (χ1) is 15.4. The fraction of sp³-hybridized carbons (Fsp3) is 0.227. The number of urea groups is 1. The smallest absolute Gasteiger partial charge is 0.333 e. The summed E-state index contributed by atoms with van der Waals surface area (Å²) in [6.07, 6.45) is 1.57. The van der Waals surface area contributed by atoms with E-state index in [-0.39, 0.29) is 6.03 Å². The molecule has 4 amide bonds. The summed E-state index contributed by atoms with van der Waals surface area (Å²) >= 11 is 3.38. The molecule has 0 atom stereocenters. The summed E-state index contributed by atoms with van der Waals surface area (Å²) in [5.74, 6) is -0.883. The van der Waals surface area contributed by atoms with Crippen LogP contribution in [0, 0.1) is 0 Å². The molecule has 2 aliphatic heterocycles. The molecule has 2 heterocycles. The minimum atomic E-state index is -0.466. The van der Waals surface area contributed by atoms with Crippen molar-refractivity contribution in [2.75, 3.05) is 43.9 Å². The lowest BCUT2D eigenvalue weighted by Crippen LogP contribution is -2.53. The molecule has 2 aliphatic rings. The number of carbonyl (C=O) groups is 3. The summed E-state index contributed by atoms with van der Waals surface area (Å²) < 4.78 is 0.773. The predicted octanol–water partition coefficient (Wildman–Crippen LogP) is 2.46. The first kappa shape index (κ1) is 22.0. The van der Waals surface area contributed by atoms with E-state index in [2.05, 4.69) is 49.3 Å². The number of imide groups is 1. The molecule has 0 aromatic heterocycles. The van der Waals surface area contributed by atoms with Crippen LogP contribution < -0.4 is 21.4 Å². The Balaban J connectivity index is 1.39. The molecule has 166 valence electrons. The fourth-order valence-corrected chi connectivity index (χ4v) is 3.83. The molecule has 0 aliphatic carbocycles. The van der Waals surface area contributed by atoms with Gasteiger partial charge in [-0.1, -0.05) is 15.9 Å². The Morgan fingerprint density at radius 3 is 2.38 bits per heavy atom. The third kappa shape index (κ3) is 5.16. The number of anilines is 2. The van der Waals surface area contributed by atoms with Crippen molar-refractivity contribution in [2.45, 2.75) is 0 Å². The molecule has 4 N–H and O–H groups in total. The number of amides is 4. The van der Waals surface area contributed by atoms with E-state index in [0.29, 0.717) is 22.4 Å².